The third kappa shape index (κ3) is 1.35. The highest BCUT2D eigenvalue weighted by Gasteiger charge is 2.46. The smallest absolute Gasteiger partial charge is 0.306 e. The van der Waals surface area contributed by atoms with Crippen LogP contribution in [0.4, 0.5) is 0 Å². The number of carbonyl (C=O) groups excluding carboxylic acids is 1. The minimum absolute atomic E-state index is 0.0637. The van der Waals surface area contributed by atoms with E-state index < -0.39 is 5.79 Å². The van der Waals surface area contributed by atoms with Crippen molar-refractivity contribution in [1.29, 1.82) is 0 Å². The summed E-state index contributed by atoms with van der Waals surface area (Å²) in [5.41, 5.74) is 0. The van der Waals surface area contributed by atoms with Crippen LogP contribution >= 0.6 is 0 Å². The summed E-state index contributed by atoms with van der Waals surface area (Å²) in [7, 11) is 3.18. The van der Waals surface area contributed by atoms with E-state index in [-0.39, 0.29) is 18.0 Å². The van der Waals surface area contributed by atoms with Crippen LogP contribution < -0.4 is 0 Å². The fraction of sp³-hybridized carbons (Fsp3) is 0.700. The first-order valence-corrected chi connectivity index (χ1v) is 4.69. The van der Waals surface area contributed by atoms with Gasteiger partial charge in [-0.2, -0.15) is 0 Å². The van der Waals surface area contributed by atoms with Crippen molar-refractivity contribution in [3.63, 3.8) is 0 Å². The lowest BCUT2D eigenvalue weighted by Crippen LogP contribution is -2.48. The van der Waals surface area contributed by atoms with E-state index in [1.807, 2.05) is 12.2 Å². The number of methoxy groups -OCH3 is 2. The number of ether oxygens (including phenoxy) is 3. The van der Waals surface area contributed by atoms with Crippen molar-refractivity contribution >= 4 is 5.97 Å². The van der Waals surface area contributed by atoms with Crippen LogP contribution in [0.1, 0.15) is 12.8 Å². The van der Waals surface area contributed by atoms with Gasteiger partial charge in [-0.25, -0.2) is 0 Å². The maximum atomic E-state index is 11.2. The monoisotopic (exact) mass is 198 g/mol. The Kier molecular flexibility index (Phi) is 2.33. The van der Waals surface area contributed by atoms with Crippen molar-refractivity contribution in [3.05, 3.63) is 12.2 Å². The molecule has 78 valence electrons. The quantitative estimate of drug-likeness (QED) is 0.375. The lowest BCUT2D eigenvalue weighted by Gasteiger charge is -2.42. The zero-order valence-corrected chi connectivity index (χ0v) is 8.36. The molecule has 1 aliphatic heterocycles. The van der Waals surface area contributed by atoms with Crippen LogP contribution in [-0.4, -0.2) is 32.1 Å². The summed E-state index contributed by atoms with van der Waals surface area (Å²) in [5.74, 6) is -0.849. The summed E-state index contributed by atoms with van der Waals surface area (Å²) >= 11 is 0. The first-order chi connectivity index (χ1) is 6.70. The van der Waals surface area contributed by atoms with Gasteiger partial charge in [0.25, 0.3) is 0 Å². The van der Waals surface area contributed by atoms with Gasteiger partial charge in [0.1, 0.15) is 6.10 Å². The highest BCUT2D eigenvalue weighted by atomic mass is 16.7. The molecule has 2 atom stereocenters. The standard InChI is InChI=1S/C10H14O4/c1-12-10(13-2)4-3-8-5-7(10)6-9(11)14-8/h3-4,7-8H,5-6H2,1-2H3/t7?,8-/m1/s1. The molecule has 0 saturated carbocycles. The molecule has 0 N–H and O–H groups in total. The predicted octanol–water partition coefficient (Wildman–Crippen LogP) is 0.867. The van der Waals surface area contributed by atoms with E-state index in [0.717, 1.165) is 6.42 Å². The van der Waals surface area contributed by atoms with Crippen LogP contribution in [0.2, 0.25) is 0 Å². The van der Waals surface area contributed by atoms with Gasteiger partial charge in [0.05, 0.1) is 6.42 Å². The molecule has 2 rings (SSSR count). The maximum Gasteiger partial charge on any atom is 0.306 e. The van der Waals surface area contributed by atoms with Crippen molar-refractivity contribution < 1.29 is 19.0 Å². The van der Waals surface area contributed by atoms with Gasteiger partial charge in [0.2, 0.25) is 0 Å². The molecular formula is C10H14O4. The molecule has 2 aliphatic rings. The second-order valence-electron chi connectivity index (χ2n) is 3.65. The van der Waals surface area contributed by atoms with E-state index >= 15 is 0 Å². The summed E-state index contributed by atoms with van der Waals surface area (Å²) < 4.78 is 15.8. The minimum atomic E-state index is -0.740. The number of esters is 1. The Bertz CT molecular complexity index is 267. The second kappa shape index (κ2) is 3.37. The lowest BCUT2D eigenvalue weighted by atomic mass is 9.82. The summed E-state index contributed by atoms with van der Waals surface area (Å²) in [5, 5.41) is 0. The molecule has 0 aromatic rings. The van der Waals surface area contributed by atoms with E-state index in [1.54, 1.807) is 14.2 Å². The number of fused-ring (bicyclic) bond motifs is 2. The zero-order chi connectivity index (χ0) is 10.2. The Morgan fingerprint density at radius 3 is 2.86 bits per heavy atom. The summed E-state index contributed by atoms with van der Waals surface area (Å²) in [6.45, 7) is 0. The third-order valence-electron chi connectivity index (χ3n) is 2.96. The SMILES string of the molecule is COC1(OC)C=C[C@@H]2CC1CC(=O)O2. The molecule has 4 heteroatoms. The van der Waals surface area contributed by atoms with Crippen molar-refractivity contribution in [3.8, 4) is 0 Å². The maximum absolute atomic E-state index is 11.2. The predicted molar refractivity (Wildman–Crippen MR) is 48.5 cm³/mol. The minimum Gasteiger partial charge on any atom is -0.458 e. The lowest BCUT2D eigenvalue weighted by molar-refractivity contribution is -0.227. The molecule has 0 radical (unpaired) electrons. The molecule has 4 nitrogen and oxygen atoms in total. The number of rotatable bonds is 2. The molecule has 1 saturated heterocycles. The summed E-state index contributed by atoms with van der Waals surface area (Å²) in [4.78, 5) is 11.2. The van der Waals surface area contributed by atoms with Crippen LogP contribution in [0.25, 0.3) is 0 Å². The van der Waals surface area contributed by atoms with Crippen LogP contribution in [0.3, 0.4) is 0 Å². The normalized spacial score (nSPS) is 34.0. The molecule has 1 fully saturated rings. The topological polar surface area (TPSA) is 44.8 Å². The fourth-order valence-corrected chi connectivity index (χ4v) is 2.18. The molecule has 14 heavy (non-hydrogen) atoms. The van der Waals surface area contributed by atoms with Crippen LogP contribution in [0.15, 0.2) is 12.2 Å². The third-order valence-corrected chi connectivity index (χ3v) is 2.96. The molecule has 0 spiro atoms. The van der Waals surface area contributed by atoms with Crippen LogP contribution in [0.5, 0.6) is 0 Å². The number of hydrogen-bond acceptors (Lipinski definition) is 4. The van der Waals surface area contributed by atoms with Gasteiger partial charge in [-0.3, -0.25) is 4.79 Å². The van der Waals surface area contributed by atoms with E-state index in [0.29, 0.717) is 6.42 Å². The molecule has 0 aromatic carbocycles. The van der Waals surface area contributed by atoms with Gasteiger partial charge in [0.15, 0.2) is 5.79 Å². The van der Waals surface area contributed by atoms with Gasteiger partial charge in [-0.1, -0.05) is 0 Å². The van der Waals surface area contributed by atoms with Gasteiger partial charge < -0.3 is 14.2 Å². The van der Waals surface area contributed by atoms with Gasteiger partial charge in [0, 0.05) is 20.1 Å². The van der Waals surface area contributed by atoms with Crippen LogP contribution in [-0.2, 0) is 19.0 Å². The Hall–Kier alpha value is -0.870. The number of hydrogen-bond donors (Lipinski definition) is 0. The van der Waals surface area contributed by atoms with Crippen LogP contribution in [0, 0.1) is 5.92 Å². The first-order valence-electron chi connectivity index (χ1n) is 4.69. The highest BCUT2D eigenvalue weighted by Crippen LogP contribution is 2.38. The average Bonchev–Trinajstić information content (AvgIpc) is 2.19. The molecule has 1 aliphatic carbocycles. The van der Waals surface area contributed by atoms with Crippen molar-refractivity contribution in [2.75, 3.05) is 14.2 Å². The molecular weight excluding hydrogens is 184 g/mol. The largest absolute Gasteiger partial charge is 0.458 e. The van der Waals surface area contributed by atoms with E-state index in [9.17, 15) is 4.79 Å². The fourth-order valence-electron chi connectivity index (χ4n) is 2.18. The first kappa shape index (κ1) is 9.68. The second-order valence-corrected chi connectivity index (χ2v) is 3.65. The van der Waals surface area contributed by atoms with E-state index in [1.165, 1.54) is 0 Å². The Balaban J connectivity index is 2.28. The van der Waals surface area contributed by atoms with Gasteiger partial charge >= 0.3 is 5.97 Å². The molecule has 1 unspecified atom stereocenters. The van der Waals surface area contributed by atoms with E-state index in [4.69, 9.17) is 14.2 Å². The van der Waals surface area contributed by atoms with E-state index in [2.05, 4.69) is 0 Å². The average molecular weight is 198 g/mol. The molecule has 0 aromatic heterocycles. The molecule has 2 bridgehead atoms. The summed E-state index contributed by atoms with van der Waals surface area (Å²) in [6.07, 6.45) is 4.73. The highest BCUT2D eigenvalue weighted by molar-refractivity contribution is 5.71. The molecule has 0 amide bonds. The van der Waals surface area contributed by atoms with Crippen molar-refractivity contribution in [2.45, 2.75) is 24.7 Å². The zero-order valence-electron chi connectivity index (χ0n) is 8.36. The Morgan fingerprint density at radius 2 is 2.21 bits per heavy atom. The Labute approximate surface area is 82.8 Å². The molecule has 1 heterocycles. The summed E-state index contributed by atoms with van der Waals surface area (Å²) in [6, 6.07) is 0. The van der Waals surface area contributed by atoms with Crippen molar-refractivity contribution in [2.24, 2.45) is 5.92 Å². The van der Waals surface area contributed by atoms with Gasteiger partial charge in [-0.05, 0) is 18.6 Å². The number of carbonyl (C=O) groups is 1. The van der Waals surface area contributed by atoms with Crippen molar-refractivity contribution in [1.82, 2.24) is 0 Å². The van der Waals surface area contributed by atoms with Gasteiger partial charge in [-0.15, -0.1) is 0 Å². The Morgan fingerprint density at radius 1 is 1.50 bits per heavy atom.